The molecule has 2 aromatic carbocycles. The highest BCUT2D eigenvalue weighted by molar-refractivity contribution is 7.92. The molecule has 2 amide bonds. The van der Waals surface area contributed by atoms with Crippen LogP contribution in [0.15, 0.2) is 36.4 Å². The van der Waals surface area contributed by atoms with Crippen LogP contribution in [0.2, 0.25) is 10.0 Å². The Labute approximate surface area is 234 Å². The Bertz CT molecular complexity index is 1260. The van der Waals surface area contributed by atoms with E-state index in [4.69, 9.17) is 32.7 Å². The third kappa shape index (κ3) is 7.68. The van der Waals surface area contributed by atoms with Crippen LogP contribution in [0.3, 0.4) is 0 Å². The Morgan fingerprint density at radius 2 is 1.74 bits per heavy atom. The molecular weight excluding hydrogens is 553 g/mol. The molecule has 1 N–H and O–H groups in total. The van der Waals surface area contributed by atoms with E-state index in [0.29, 0.717) is 53.4 Å². The first-order valence-corrected chi connectivity index (χ1v) is 15.0. The van der Waals surface area contributed by atoms with Crippen molar-refractivity contribution in [2.45, 2.75) is 45.7 Å². The first kappa shape index (κ1) is 29.9. The van der Waals surface area contributed by atoms with E-state index in [2.05, 4.69) is 5.32 Å². The van der Waals surface area contributed by atoms with Crippen LogP contribution in [-0.2, 0) is 26.2 Å². The summed E-state index contributed by atoms with van der Waals surface area (Å²) in [6, 6.07) is 9.32. The summed E-state index contributed by atoms with van der Waals surface area (Å²) >= 11 is 12.2. The van der Waals surface area contributed by atoms with Gasteiger partial charge in [-0.3, -0.25) is 13.9 Å². The highest BCUT2D eigenvalue weighted by Gasteiger charge is 2.29. The number of carbonyl (C=O) groups excluding carboxylic acids is 2. The highest BCUT2D eigenvalue weighted by atomic mass is 35.5. The van der Waals surface area contributed by atoms with Crippen molar-refractivity contribution in [3.8, 4) is 11.5 Å². The molecule has 1 aliphatic rings. The normalized spacial score (nSPS) is 13.5. The smallest absolute Gasteiger partial charge is 0.242 e. The van der Waals surface area contributed by atoms with Crippen LogP contribution in [0.5, 0.6) is 11.5 Å². The van der Waals surface area contributed by atoms with Crippen molar-refractivity contribution < 1.29 is 27.5 Å². The number of hydrogen-bond donors (Lipinski definition) is 1. The van der Waals surface area contributed by atoms with E-state index in [0.717, 1.165) is 11.8 Å². The topological polar surface area (TPSA) is 105 Å². The molecule has 0 bridgehead atoms. The molecule has 0 radical (unpaired) electrons. The lowest BCUT2D eigenvalue weighted by molar-refractivity contribution is -0.141. The number of fused-ring (bicyclic) bond motifs is 1. The predicted molar refractivity (Wildman–Crippen MR) is 149 cm³/mol. The summed E-state index contributed by atoms with van der Waals surface area (Å²) in [5.74, 6) is 0.499. The van der Waals surface area contributed by atoms with Gasteiger partial charge in [-0.1, -0.05) is 36.2 Å². The second-order valence-electron chi connectivity index (χ2n) is 8.86. The molecule has 208 valence electrons. The van der Waals surface area contributed by atoms with Crippen molar-refractivity contribution >= 4 is 50.7 Å². The number of nitrogens with one attached hydrogen (secondary N) is 1. The minimum atomic E-state index is -3.64. The van der Waals surface area contributed by atoms with Gasteiger partial charge >= 0.3 is 0 Å². The van der Waals surface area contributed by atoms with Crippen LogP contribution >= 0.6 is 23.2 Å². The maximum Gasteiger partial charge on any atom is 0.242 e. The van der Waals surface area contributed by atoms with Crippen molar-refractivity contribution in [2.24, 2.45) is 0 Å². The summed E-state index contributed by atoms with van der Waals surface area (Å²) in [6.07, 6.45) is 1.80. The molecular formula is C26H33Cl2N3O6S. The quantitative estimate of drug-likeness (QED) is 0.399. The number of nitrogens with zero attached hydrogens (tertiary/aromatic N) is 2. The molecule has 1 atom stereocenters. The monoisotopic (exact) mass is 585 g/mol. The molecule has 9 nitrogen and oxygen atoms in total. The molecule has 0 saturated carbocycles. The number of rotatable bonds is 12. The molecule has 0 spiro atoms. The molecule has 1 unspecified atom stereocenters. The van der Waals surface area contributed by atoms with E-state index in [1.165, 1.54) is 9.21 Å². The largest absolute Gasteiger partial charge is 0.486 e. The number of anilines is 1. The van der Waals surface area contributed by atoms with Crippen LogP contribution < -0.4 is 19.1 Å². The first-order valence-electron chi connectivity index (χ1n) is 12.4. The minimum Gasteiger partial charge on any atom is -0.486 e. The summed E-state index contributed by atoms with van der Waals surface area (Å²) in [7, 11) is -3.64. The number of benzene rings is 2. The Kier molecular flexibility index (Phi) is 10.5. The second kappa shape index (κ2) is 13.4. The summed E-state index contributed by atoms with van der Waals surface area (Å²) in [5.41, 5.74) is 1.15. The summed E-state index contributed by atoms with van der Waals surface area (Å²) < 4.78 is 37.6. The van der Waals surface area contributed by atoms with Gasteiger partial charge in [0, 0.05) is 32.1 Å². The zero-order valence-corrected chi connectivity index (χ0v) is 24.0. The minimum absolute atomic E-state index is 0.0355. The molecule has 2 aromatic rings. The van der Waals surface area contributed by atoms with Crippen molar-refractivity contribution in [1.82, 2.24) is 10.2 Å². The Morgan fingerprint density at radius 3 is 2.37 bits per heavy atom. The molecule has 0 aromatic heterocycles. The molecule has 3 rings (SSSR count). The summed E-state index contributed by atoms with van der Waals surface area (Å²) in [6.45, 7) is 5.12. The van der Waals surface area contributed by atoms with E-state index in [9.17, 15) is 18.0 Å². The Balaban J connectivity index is 1.77. The lowest BCUT2D eigenvalue weighted by atomic mass is 10.1. The number of sulfonamides is 1. The van der Waals surface area contributed by atoms with E-state index < -0.39 is 16.1 Å². The summed E-state index contributed by atoms with van der Waals surface area (Å²) in [4.78, 5) is 27.7. The van der Waals surface area contributed by atoms with Gasteiger partial charge in [0.15, 0.2) is 11.5 Å². The lowest BCUT2D eigenvalue weighted by Gasteiger charge is -2.31. The van der Waals surface area contributed by atoms with Crippen molar-refractivity contribution in [3.63, 3.8) is 0 Å². The molecule has 38 heavy (non-hydrogen) atoms. The van der Waals surface area contributed by atoms with Crippen LogP contribution in [0.25, 0.3) is 0 Å². The number of hydrogen-bond acceptors (Lipinski definition) is 6. The van der Waals surface area contributed by atoms with Gasteiger partial charge in [-0.05, 0) is 49.6 Å². The second-order valence-corrected chi connectivity index (χ2v) is 11.6. The van der Waals surface area contributed by atoms with Gasteiger partial charge < -0.3 is 19.7 Å². The van der Waals surface area contributed by atoms with Gasteiger partial charge in [0.25, 0.3) is 0 Å². The van der Waals surface area contributed by atoms with Crippen LogP contribution in [-0.4, -0.2) is 63.7 Å². The first-order chi connectivity index (χ1) is 18.0. The van der Waals surface area contributed by atoms with Gasteiger partial charge in [0.2, 0.25) is 21.8 Å². The number of halogens is 2. The molecule has 12 heteroatoms. The third-order valence-electron chi connectivity index (χ3n) is 6.04. The zero-order valence-electron chi connectivity index (χ0n) is 21.7. The maximum atomic E-state index is 13.5. The molecule has 1 heterocycles. The fourth-order valence-corrected chi connectivity index (χ4v) is 5.52. The Hall–Kier alpha value is -2.69. The van der Waals surface area contributed by atoms with Crippen molar-refractivity contribution in [1.29, 1.82) is 0 Å². The number of likely N-dealkylation sites (N-methyl/N-ethyl adjacent to an activating group) is 1. The van der Waals surface area contributed by atoms with Crippen LogP contribution in [0, 0.1) is 0 Å². The van der Waals surface area contributed by atoms with Gasteiger partial charge in [0.05, 0.1) is 22.0 Å². The van der Waals surface area contributed by atoms with E-state index in [-0.39, 0.29) is 37.7 Å². The highest BCUT2D eigenvalue weighted by Crippen LogP contribution is 2.35. The van der Waals surface area contributed by atoms with Crippen molar-refractivity contribution in [3.05, 3.63) is 52.0 Å². The zero-order chi connectivity index (χ0) is 27.9. The third-order valence-corrected chi connectivity index (χ3v) is 7.97. The van der Waals surface area contributed by atoms with E-state index in [1.807, 2.05) is 13.8 Å². The van der Waals surface area contributed by atoms with E-state index in [1.54, 1.807) is 36.4 Å². The van der Waals surface area contributed by atoms with Gasteiger partial charge in [-0.15, -0.1) is 0 Å². The van der Waals surface area contributed by atoms with Gasteiger partial charge in [0.1, 0.15) is 19.3 Å². The molecule has 1 aliphatic heterocycles. The molecule has 0 saturated heterocycles. The fourth-order valence-electron chi connectivity index (χ4n) is 4.24. The predicted octanol–water partition coefficient (Wildman–Crippen LogP) is 4.25. The van der Waals surface area contributed by atoms with Crippen LogP contribution in [0.4, 0.5) is 5.69 Å². The number of carbonyl (C=O) groups is 2. The lowest BCUT2D eigenvalue weighted by Crippen LogP contribution is -2.49. The average molecular weight is 587 g/mol. The molecule has 0 fully saturated rings. The summed E-state index contributed by atoms with van der Waals surface area (Å²) in [5, 5.41) is 3.53. The average Bonchev–Trinajstić information content (AvgIpc) is 2.87. The van der Waals surface area contributed by atoms with Crippen molar-refractivity contribution in [2.75, 3.05) is 36.9 Å². The Morgan fingerprint density at radius 1 is 1.03 bits per heavy atom. The number of ether oxygens (including phenoxy) is 2. The number of amides is 2. The van der Waals surface area contributed by atoms with E-state index >= 15 is 0 Å². The van der Waals surface area contributed by atoms with Gasteiger partial charge in [-0.25, -0.2) is 8.42 Å². The maximum absolute atomic E-state index is 13.5. The van der Waals surface area contributed by atoms with Gasteiger partial charge in [-0.2, -0.15) is 0 Å². The fraction of sp³-hybridized carbons (Fsp3) is 0.462. The molecule has 0 aliphatic carbocycles. The SMILES string of the molecule is CCNC(=O)C(CC)N(Cc1ccc(Cl)c(Cl)c1)C(=O)CCCN(c1ccc2c(c1)OCCO2)S(C)(=O)=O. The standard InChI is InChI=1S/C26H33Cl2N3O6S/c1-4-22(26(33)29-5-2)30(17-18-8-10-20(27)21(28)15-18)25(32)7-6-12-31(38(3,34)35)19-9-11-23-24(16-19)37-14-13-36-23/h8-11,15-16,22H,4-7,12-14,17H2,1-3H3,(H,29,33). The van der Waals surface area contributed by atoms with Crippen LogP contribution in [0.1, 0.15) is 38.7 Å².